The molecule has 96 valence electrons. The zero-order valence-corrected chi connectivity index (χ0v) is 10.6. The van der Waals surface area contributed by atoms with Gasteiger partial charge >= 0.3 is 0 Å². The molecule has 3 heterocycles. The van der Waals surface area contributed by atoms with Crippen molar-refractivity contribution in [3.63, 3.8) is 0 Å². The first-order valence-corrected chi connectivity index (χ1v) is 6.68. The number of ether oxygens (including phenoxy) is 2. The summed E-state index contributed by atoms with van der Waals surface area (Å²) in [5, 5.41) is 3.52. The van der Waals surface area contributed by atoms with Gasteiger partial charge in [0.05, 0.1) is 0 Å². The normalized spacial score (nSPS) is 28.8. The molecule has 4 heteroatoms. The number of rotatable bonds is 0. The number of nitrogens with zero attached hydrogens (tertiary/aromatic N) is 1. The van der Waals surface area contributed by atoms with E-state index in [1.165, 1.54) is 17.7 Å². The predicted molar refractivity (Wildman–Crippen MR) is 69.6 cm³/mol. The highest BCUT2D eigenvalue weighted by Gasteiger charge is 2.35. The second-order valence-electron chi connectivity index (χ2n) is 5.50. The van der Waals surface area contributed by atoms with Crippen LogP contribution in [-0.4, -0.2) is 33.5 Å². The van der Waals surface area contributed by atoms with Crippen molar-refractivity contribution >= 4 is 5.69 Å². The molecule has 4 nitrogen and oxygen atoms in total. The van der Waals surface area contributed by atoms with E-state index in [9.17, 15) is 0 Å². The van der Waals surface area contributed by atoms with Crippen molar-refractivity contribution in [2.45, 2.75) is 12.3 Å². The standard InChI is InChI=1S/C14H18N2O2/c1-16-7-9-2-3-15-6-11(9)10-4-13-14(5-12(10)16)18-8-17-13/h4-5,9,11,15H,2-3,6-8H2,1H3. The molecule has 0 bridgehead atoms. The lowest BCUT2D eigenvalue weighted by atomic mass is 9.77. The van der Waals surface area contributed by atoms with Crippen LogP contribution in [0, 0.1) is 5.92 Å². The average molecular weight is 246 g/mol. The third-order valence-corrected chi connectivity index (χ3v) is 4.47. The van der Waals surface area contributed by atoms with E-state index in [1.54, 1.807) is 0 Å². The second-order valence-corrected chi connectivity index (χ2v) is 5.50. The molecule has 2 unspecified atom stereocenters. The molecule has 1 aromatic carbocycles. The van der Waals surface area contributed by atoms with E-state index >= 15 is 0 Å². The molecule has 3 aliphatic rings. The SMILES string of the molecule is CN1CC2CCNCC2c2cc3c(cc21)OCO3. The van der Waals surface area contributed by atoms with Crippen LogP contribution in [0.1, 0.15) is 17.9 Å². The van der Waals surface area contributed by atoms with Crippen molar-refractivity contribution in [3.8, 4) is 11.5 Å². The Morgan fingerprint density at radius 1 is 1.28 bits per heavy atom. The van der Waals surface area contributed by atoms with Gasteiger partial charge in [-0.15, -0.1) is 0 Å². The van der Waals surface area contributed by atoms with Crippen LogP contribution >= 0.6 is 0 Å². The Hall–Kier alpha value is -1.42. The van der Waals surface area contributed by atoms with Gasteiger partial charge in [-0.3, -0.25) is 0 Å². The van der Waals surface area contributed by atoms with Gasteiger partial charge in [-0.05, 0) is 30.5 Å². The van der Waals surface area contributed by atoms with E-state index in [2.05, 4.69) is 29.4 Å². The van der Waals surface area contributed by atoms with Gasteiger partial charge in [-0.1, -0.05) is 0 Å². The molecule has 3 aliphatic heterocycles. The van der Waals surface area contributed by atoms with Crippen molar-refractivity contribution in [1.82, 2.24) is 5.32 Å². The smallest absolute Gasteiger partial charge is 0.231 e. The molecular weight excluding hydrogens is 228 g/mol. The van der Waals surface area contributed by atoms with Gasteiger partial charge in [0, 0.05) is 37.8 Å². The van der Waals surface area contributed by atoms with Crippen LogP contribution in [0.15, 0.2) is 12.1 Å². The number of benzene rings is 1. The predicted octanol–water partition coefficient (Wildman–Crippen LogP) is 1.56. The second kappa shape index (κ2) is 3.79. The molecule has 1 saturated heterocycles. The van der Waals surface area contributed by atoms with E-state index in [4.69, 9.17) is 9.47 Å². The summed E-state index contributed by atoms with van der Waals surface area (Å²) in [7, 11) is 2.18. The van der Waals surface area contributed by atoms with Crippen LogP contribution in [0.25, 0.3) is 0 Å². The lowest BCUT2D eigenvalue weighted by molar-refractivity contribution is 0.174. The maximum Gasteiger partial charge on any atom is 0.231 e. The number of hydrogen-bond donors (Lipinski definition) is 1. The Bertz CT molecular complexity index is 489. The molecule has 0 aliphatic carbocycles. The topological polar surface area (TPSA) is 33.7 Å². The minimum atomic E-state index is 0.355. The van der Waals surface area contributed by atoms with E-state index in [-0.39, 0.29) is 0 Å². The maximum atomic E-state index is 5.52. The molecule has 1 N–H and O–H groups in total. The molecule has 0 amide bonds. The first-order chi connectivity index (χ1) is 8.83. The molecular formula is C14H18N2O2. The molecule has 0 spiro atoms. The maximum absolute atomic E-state index is 5.52. The Kier molecular flexibility index (Phi) is 2.21. The van der Waals surface area contributed by atoms with Crippen LogP contribution in [-0.2, 0) is 0 Å². The summed E-state index contributed by atoms with van der Waals surface area (Å²) in [5.41, 5.74) is 2.73. The minimum absolute atomic E-state index is 0.355. The third kappa shape index (κ3) is 1.42. The molecule has 0 radical (unpaired) electrons. The fourth-order valence-corrected chi connectivity index (χ4v) is 3.52. The lowest BCUT2D eigenvalue weighted by Crippen LogP contribution is -2.44. The summed E-state index contributed by atoms with van der Waals surface area (Å²) in [6.45, 7) is 3.74. The van der Waals surface area contributed by atoms with Gasteiger partial charge in [-0.25, -0.2) is 0 Å². The van der Waals surface area contributed by atoms with Crippen molar-refractivity contribution in [3.05, 3.63) is 17.7 Å². The summed E-state index contributed by atoms with van der Waals surface area (Å²) in [6.07, 6.45) is 1.27. The van der Waals surface area contributed by atoms with Gasteiger partial charge in [0.25, 0.3) is 0 Å². The first-order valence-electron chi connectivity index (χ1n) is 6.68. The Morgan fingerprint density at radius 2 is 2.11 bits per heavy atom. The first kappa shape index (κ1) is 10.5. The highest BCUT2D eigenvalue weighted by atomic mass is 16.7. The van der Waals surface area contributed by atoms with Crippen molar-refractivity contribution in [1.29, 1.82) is 0 Å². The van der Waals surface area contributed by atoms with Crippen molar-refractivity contribution < 1.29 is 9.47 Å². The van der Waals surface area contributed by atoms with Crippen LogP contribution in [0.5, 0.6) is 11.5 Å². The number of fused-ring (bicyclic) bond motifs is 4. The van der Waals surface area contributed by atoms with E-state index < -0.39 is 0 Å². The van der Waals surface area contributed by atoms with E-state index in [0.29, 0.717) is 12.7 Å². The zero-order chi connectivity index (χ0) is 12.1. The fourth-order valence-electron chi connectivity index (χ4n) is 3.52. The van der Waals surface area contributed by atoms with Gasteiger partial charge in [-0.2, -0.15) is 0 Å². The number of anilines is 1. The Morgan fingerprint density at radius 3 is 3.00 bits per heavy atom. The van der Waals surface area contributed by atoms with Gasteiger partial charge < -0.3 is 19.7 Å². The largest absolute Gasteiger partial charge is 0.454 e. The molecule has 1 fully saturated rings. The summed E-state index contributed by atoms with van der Waals surface area (Å²) in [4.78, 5) is 2.36. The molecule has 1 aromatic rings. The Labute approximate surface area is 107 Å². The molecule has 2 atom stereocenters. The van der Waals surface area contributed by atoms with E-state index in [1.807, 2.05) is 0 Å². The molecule has 0 saturated carbocycles. The van der Waals surface area contributed by atoms with Gasteiger partial charge in [0.1, 0.15) is 0 Å². The highest BCUT2D eigenvalue weighted by molar-refractivity contribution is 5.65. The van der Waals surface area contributed by atoms with Crippen LogP contribution in [0.3, 0.4) is 0 Å². The van der Waals surface area contributed by atoms with Gasteiger partial charge in [0.15, 0.2) is 11.5 Å². The van der Waals surface area contributed by atoms with Crippen LogP contribution < -0.4 is 19.7 Å². The quantitative estimate of drug-likeness (QED) is 0.753. The zero-order valence-electron chi connectivity index (χ0n) is 10.6. The summed E-state index contributed by atoms with van der Waals surface area (Å²) in [5.74, 6) is 3.19. The number of nitrogens with one attached hydrogen (secondary N) is 1. The van der Waals surface area contributed by atoms with Crippen LogP contribution in [0.4, 0.5) is 5.69 Å². The highest BCUT2D eigenvalue weighted by Crippen LogP contribution is 2.46. The summed E-state index contributed by atoms with van der Waals surface area (Å²) >= 11 is 0. The summed E-state index contributed by atoms with van der Waals surface area (Å²) < 4.78 is 11.0. The Balaban J connectivity index is 1.82. The van der Waals surface area contributed by atoms with E-state index in [0.717, 1.165) is 37.1 Å². The van der Waals surface area contributed by atoms with Gasteiger partial charge in [0.2, 0.25) is 6.79 Å². The van der Waals surface area contributed by atoms with Crippen LogP contribution in [0.2, 0.25) is 0 Å². The third-order valence-electron chi connectivity index (χ3n) is 4.47. The molecule has 4 rings (SSSR count). The minimum Gasteiger partial charge on any atom is -0.454 e. The molecule has 0 aromatic heterocycles. The lowest BCUT2D eigenvalue weighted by Gasteiger charge is -2.42. The van der Waals surface area contributed by atoms with Crippen molar-refractivity contribution in [2.24, 2.45) is 5.92 Å². The monoisotopic (exact) mass is 246 g/mol. The number of hydrogen-bond acceptors (Lipinski definition) is 4. The number of piperidine rings is 1. The molecule has 18 heavy (non-hydrogen) atoms. The average Bonchev–Trinajstić information content (AvgIpc) is 2.84. The fraction of sp³-hybridized carbons (Fsp3) is 0.571. The van der Waals surface area contributed by atoms with Crippen molar-refractivity contribution in [2.75, 3.05) is 38.4 Å². The summed E-state index contributed by atoms with van der Waals surface area (Å²) in [6, 6.07) is 4.33.